The molecule has 2 aromatic rings. The Balaban J connectivity index is 2.51. The van der Waals surface area contributed by atoms with Gasteiger partial charge >= 0.3 is 0 Å². The summed E-state index contributed by atoms with van der Waals surface area (Å²) in [5.74, 6) is -3.36. The van der Waals surface area contributed by atoms with E-state index in [0.29, 0.717) is 17.3 Å². The summed E-state index contributed by atoms with van der Waals surface area (Å²) in [5.41, 5.74) is 0.921. The summed E-state index contributed by atoms with van der Waals surface area (Å²) in [6.07, 6.45) is 0. The molecule has 0 saturated carbocycles. The SMILES string of the molecule is Cc1cccc(C#N)c1Nc1cc(F)cc(F)c1F. The lowest BCUT2D eigenvalue weighted by Gasteiger charge is -2.12. The van der Waals surface area contributed by atoms with Crippen LogP contribution in [0.3, 0.4) is 0 Å². The van der Waals surface area contributed by atoms with Gasteiger partial charge in [0, 0.05) is 12.1 Å². The number of halogens is 3. The predicted octanol–water partition coefficient (Wildman–Crippen LogP) is 4.03. The zero-order valence-corrected chi connectivity index (χ0v) is 9.97. The van der Waals surface area contributed by atoms with E-state index in [4.69, 9.17) is 5.26 Å². The number of benzene rings is 2. The van der Waals surface area contributed by atoms with E-state index in [2.05, 4.69) is 5.32 Å². The van der Waals surface area contributed by atoms with Gasteiger partial charge in [0.15, 0.2) is 11.6 Å². The van der Waals surface area contributed by atoms with Crippen LogP contribution in [-0.4, -0.2) is 0 Å². The van der Waals surface area contributed by atoms with Crippen molar-refractivity contribution in [3.05, 3.63) is 58.9 Å². The minimum absolute atomic E-state index is 0.268. The molecule has 2 aromatic carbocycles. The first-order valence-corrected chi connectivity index (χ1v) is 5.44. The molecule has 0 unspecified atom stereocenters. The molecule has 0 amide bonds. The number of nitriles is 1. The van der Waals surface area contributed by atoms with E-state index in [-0.39, 0.29) is 11.3 Å². The molecule has 0 bridgehead atoms. The Kier molecular flexibility index (Phi) is 3.43. The normalized spacial score (nSPS) is 10.1. The van der Waals surface area contributed by atoms with Crippen LogP contribution < -0.4 is 5.32 Å². The van der Waals surface area contributed by atoms with Gasteiger partial charge in [0.05, 0.1) is 16.9 Å². The molecule has 0 aliphatic heterocycles. The van der Waals surface area contributed by atoms with Crippen LogP contribution in [0.5, 0.6) is 0 Å². The molecule has 0 spiro atoms. The first-order chi connectivity index (χ1) is 9.02. The number of anilines is 2. The average molecular weight is 262 g/mol. The highest BCUT2D eigenvalue weighted by Crippen LogP contribution is 2.27. The third-order valence-corrected chi connectivity index (χ3v) is 2.65. The maximum atomic E-state index is 13.5. The Hall–Kier alpha value is -2.48. The van der Waals surface area contributed by atoms with Crippen molar-refractivity contribution in [3.8, 4) is 6.07 Å². The quantitative estimate of drug-likeness (QED) is 0.829. The molecule has 1 N–H and O–H groups in total. The average Bonchev–Trinajstić information content (AvgIpc) is 2.37. The standard InChI is InChI=1S/C14H9F3N2/c1-8-3-2-4-9(7-18)14(8)19-12-6-10(15)5-11(16)13(12)17/h2-6,19H,1H3. The van der Waals surface area contributed by atoms with Crippen LogP contribution >= 0.6 is 0 Å². The van der Waals surface area contributed by atoms with Crippen molar-refractivity contribution in [2.45, 2.75) is 6.92 Å². The molecule has 0 aliphatic carbocycles. The van der Waals surface area contributed by atoms with Crippen molar-refractivity contribution in [1.29, 1.82) is 5.26 Å². The fourth-order valence-electron chi connectivity index (χ4n) is 1.71. The number of nitrogens with zero attached hydrogens (tertiary/aromatic N) is 1. The van der Waals surface area contributed by atoms with Gasteiger partial charge in [0.2, 0.25) is 0 Å². The highest BCUT2D eigenvalue weighted by atomic mass is 19.2. The van der Waals surface area contributed by atoms with Crippen LogP contribution in [0.2, 0.25) is 0 Å². The van der Waals surface area contributed by atoms with E-state index in [0.717, 1.165) is 6.07 Å². The largest absolute Gasteiger partial charge is 0.352 e. The van der Waals surface area contributed by atoms with Crippen molar-refractivity contribution in [2.75, 3.05) is 5.32 Å². The van der Waals surface area contributed by atoms with E-state index in [1.54, 1.807) is 19.1 Å². The molecule has 96 valence electrons. The first kappa shape index (κ1) is 13.0. The minimum atomic E-state index is -1.28. The number of hydrogen-bond acceptors (Lipinski definition) is 2. The number of para-hydroxylation sites is 1. The van der Waals surface area contributed by atoms with Gasteiger partial charge in [-0.25, -0.2) is 13.2 Å². The maximum absolute atomic E-state index is 13.5. The fraction of sp³-hybridized carbons (Fsp3) is 0.0714. The van der Waals surface area contributed by atoms with Crippen molar-refractivity contribution in [2.24, 2.45) is 0 Å². The molecule has 5 heteroatoms. The lowest BCUT2D eigenvalue weighted by Crippen LogP contribution is -2.01. The van der Waals surface area contributed by atoms with Gasteiger partial charge in [-0.15, -0.1) is 0 Å². The Morgan fingerprint density at radius 2 is 1.89 bits per heavy atom. The molecule has 0 aliphatic rings. The number of nitrogens with one attached hydrogen (secondary N) is 1. The van der Waals surface area contributed by atoms with E-state index >= 15 is 0 Å². The van der Waals surface area contributed by atoms with Crippen molar-refractivity contribution < 1.29 is 13.2 Å². The smallest absolute Gasteiger partial charge is 0.182 e. The fourth-order valence-corrected chi connectivity index (χ4v) is 1.71. The molecular formula is C14H9F3N2. The lowest BCUT2D eigenvalue weighted by molar-refractivity contribution is 0.498. The summed E-state index contributed by atoms with van der Waals surface area (Å²) >= 11 is 0. The summed E-state index contributed by atoms with van der Waals surface area (Å²) in [7, 11) is 0. The van der Waals surface area contributed by atoms with E-state index in [1.165, 1.54) is 6.07 Å². The van der Waals surface area contributed by atoms with Crippen LogP contribution in [0, 0.1) is 35.7 Å². The third kappa shape index (κ3) is 2.52. The predicted molar refractivity (Wildman–Crippen MR) is 65.5 cm³/mol. The van der Waals surface area contributed by atoms with E-state index in [1.807, 2.05) is 6.07 Å². The summed E-state index contributed by atoms with van der Waals surface area (Å²) < 4.78 is 39.7. The molecule has 0 atom stereocenters. The van der Waals surface area contributed by atoms with Crippen LogP contribution in [0.1, 0.15) is 11.1 Å². The number of aryl methyl sites for hydroxylation is 1. The highest BCUT2D eigenvalue weighted by Gasteiger charge is 2.13. The van der Waals surface area contributed by atoms with Crippen LogP contribution in [-0.2, 0) is 0 Å². The zero-order valence-electron chi connectivity index (χ0n) is 9.97. The van der Waals surface area contributed by atoms with Crippen molar-refractivity contribution >= 4 is 11.4 Å². The number of rotatable bonds is 2. The monoisotopic (exact) mass is 262 g/mol. The van der Waals surface area contributed by atoms with E-state index in [9.17, 15) is 13.2 Å². The second-order valence-corrected chi connectivity index (χ2v) is 3.98. The van der Waals surface area contributed by atoms with Gasteiger partial charge in [0.25, 0.3) is 0 Å². The summed E-state index contributed by atoms with van der Waals surface area (Å²) in [4.78, 5) is 0. The Bertz CT molecular complexity index is 675. The molecule has 0 aromatic heterocycles. The third-order valence-electron chi connectivity index (χ3n) is 2.65. The Morgan fingerprint density at radius 3 is 2.58 bits per heavy atom. The topological polar surface area (TPSA) is 35.8 Å². The molecule has 2 rings (SSSR count). The molecular weight excluding hydrogens is 253 g/mol. The van der Waals surface area contributed by atoms with Crippen LogP contribution in [0.25, 0.3) is 0 Å². The molecule has 0 radical (unpaired) electrons. The lowest BCUT2D eigenvalue weighted by atomic mass is 10.1. The summed E-state index contributed by atoms with van der Waals surface area (Å²) in [6, 6.07) is 8.14. The second-order valence-electron chi connectivity index (χ2n) is 3.98. The van der Waals surface area contributed by atoms with Gasteiger partial charge in [-0.05, 0) is 18.6 Å². The molecule has 2 nitrogen and oxygen atoms in total. The zero-order chi connectivity index (χ0) is 14.0. The van der Waals surface area contributed by atoms with Crippen LogP contribution in [0.15, 0.2) is 30.3 Å². The van der Waals surface area contributed by atoms with Crippen LogP contribution in [0.4, 0.5) is 24.5 Å². The first-order valence-electron chi connectivity index (χ1n) is 5.44. The van der Waals surface area contributed by atoms with Crippen molar-refractivity contribution in [1.82, 2.24) is 0 Å². The maximum Gasteiger partial charge on any atom is 0.182 e. The van der Waals surface area contributed by atoms with E-state index < -0.39 is 17.5 Å². The Morgan fingerprint density at radius 1 is 1.16 bits per heavy atom. The highest BCUT2D eigenvalue weighted by molar-refractivity contribution is 5.70. The minimum Gasteiger partial charge on any atom is -0.352 e. The second kappa shape index (κ2) is 5.02. The van der Waals surface area contributed by atoms with Gasteiger partial charge < -0.3 is 5.32 Å². The van der Waals surface area contributed by atoms with Gasteiger partial charge in [-0.2, -0.15) is 5.26 Å². The Labute approximate surface area is 108 Å². The van der Waals surface area contributed by atoms with Crippen molar-refractivity contribution in [3.63, 3.8) is 0 Å². The molecule has 19 heavy (non-hydrogen) atoms. The molecule has 0 saturated heterocycles. The molecule has 0 fully saturated rings. The summed E-state index contributed by atoms with van der Waals surface area (Å²) in [6.45, 7) is 1.71. The van der Waals surface area contributed by atoms with Gasteiger partial charge in [-0.1, -0.05) is 12.1 Å². The molecule has 0 heterocycles. The van der Waals surface area contributed by atoms with Gasteiger partial charge in [0.1, 0.15) is 11.9 Å². The number of hydrogen-bond donors (Lipinski definition) is 1. The van der Waals surface area contributed by atoms with Gasteiger partial charge in [-0.3, -0.25) is 0 Å². The summed E-state index contributed by atoms with van der Waals surface area (Å²) in [5, 5.41) is 11.5.